The van der Waals surface area contributed by atoms with Gasteiger partial charge in [-0.05, 0) is 42.0 Å². The Morgan fingerprint density at radius 1 is 0.870 bits per heavy atom. The highest BCUT2D eigenvalue weighted by Crippen LogP contribution is 2.32. The molecule has 0 saturated heterocycles. The number of aromatic nitrogens is 1. The van der Waals surface area contributed by atoms with E-state index in [0.717, 1.165) is 11.1 Å². The summed E-state index contributed by atoms with van der Waals surface area (Å²) in [5, 5.41) is 0.688. The molecular weight excluding hydrogens is 308 g/mol. The van der Waals surface area contributed by atoms with Gasteiger partial charge in [-0.25, -0.2) is 0 Å². The number of para-hydroxylation sites is 1. The van der Waals surface area contributed by atoms with E-state index in [-0.39, 0.29) is 0 Å². The molecule has 0 fully saturated rings. The first kappa shape index (κ1) is 16.8. The maximum Gasteiger partial charge on any atom is 0.229 e. The largest absolute Gasteiger partial charge is 0.438 e. The Kier molecular flexibility index (Phi) is 6.01. The molecule has 0 aliphatic heterocycles. The minimum Gasteiger partial charge on any atom is -0.438 e. The fourth-order valence-corrected chi connectivity index (χ4v) is 2.11. The molecule has 0 bridgehead atoms. The van der Waals surface area contributed by atoms with Crippen molar-refractivity contribution in [2.24, 2.45) is 0 Å². The maximum absolute atomic E-state index is 5.93. The van der Waals surface area contributed by atoms with Gasteiger partial charge >= 0.3 is 0 Å². The highest BCUT2D eigenvalue weighted by atomic mass is 35.5. The number of hydrogen-bond donors (Lipinski definition) is 1. The summed E-state index contributed by atoms with van der Waals surface area (Å²) in [7, 11) is 0. The van der Waals surface area contributed by atoms with Crippen LogP contribution in [0.1, 0.15) is 13.8 Å². The van der Waals surface area contributed by atoms with Crippen LogP contribution in [0.15, 0.2) is 66.7 Å². The number of benzene rings is 2. The topological polar surface area (TPSA) is 48.1 Å². The third-order valence-electron chi connectivity index (χ3n) is 2.99. The van der Waals surface area contributed by atoms with E-state index >= 15 is 0 Å². The zero-order valence-corrected chi connectivity index (χ0v) is 13.9. The van der Waals surface area contributed by atoms with Crippen LogP contribution in [0, 0.1) is 0 Å². The lowest BCUT2D eigenvalue weighted by Crippen LogP contribution is -1.96. The van der Waals surface area contributed by atoms with Crippen molar-refractivity contribution >= 4 is 17.4 Å². The van der Waals surface area contributed by atoms with E-state index in [9.17, 15) is 0 Å². The number of hydrogen-bond acceptors (Lipinski definition) is 3. The molecule has 0 radical (unpaired) electrons. The predicted octanol–water partition coefficient (Wildman–Crippen LogP) is 5.80. The van der Waals surface area contributed by atoms with Crippen molar-refractivity contribution in [1.82, 2.24) is 4.98 Å². The van der Waals surface area contributed by atoms with Gasteiger partial charge < -0.3 is 10.5 Å². The number of nitrogens with two attached hydrogens (primary N) is 1. The number of pyridine rings is 1. The smallest absolute Gasteiger partial charge is 0.229 e. The van der Waals surface area contributed by atoms with Crippen LogP contribution in [0.3, 0.4) is 0 Å². The van der Waals surface area contributed by atoms with Crippen LogP contribution in [-0.2, 0) is 0 Å². The molecule has 0 aliphatic carbocycles. The normalized spacial score (nSPS) is 9.70. The Labute approximate surface area is 141 Å². The summed E-state index contributed by atoms with van der Waals surface area (Å²) >= 11 is 5.93. The Balaban J connectivity index is 0.000000924. The molecule has 1 heterocycles. The van der Waals surface area contributed by atoms with Crippen LogP contribution < -0.4 is 10.5 Å². The highest BCUT2D eigenvalue weighted by Gasteiger charge is 2.10. The number of nitrogen functional groups attached to an aromatic ring is 1. The lowest BCUT2D eigenvalue weighted by Gasteiger charge is -2.11. The third-order valence-corrected chi connectivity index (χ3v) is 3.25. The molecule has 3 aromatic rings. The van der Waals surface area contributed by atoms with Gasteiger partial charge in [0.15, 0.2) is 0 Å². The van der Waals surface area contributed by atoms with Crippen molar-refractivity contribution < 1.29 is 4.74 Å². The van der Waals surface area contributed by atoms with Gasteiger partial charge in [-0.2, -0.15) is 4.98 Å². The highest BCUT2D eigenvalue weighted by molar-refractivity contribution is 6.30. The van der Waals surface area contributed by atoms with Crippen molar-refractivity contribution in [3.8, 4) is 22.8 Å². The average Bonchev–Trinajstić information content (AvgIpc) is 2.59. The van der Waals surface area contributed by atoms with Gasteiger partial charge in [-0.1, -0.05) is 55.8 Å². The average molecular weight is 327 g/mol. The molecule has 0 aliphatic rings. The molecule has 3 nitrogen and oxygen atoms in total. The molecule has 3 rings (SSSR count). The molecule has 0 saturated carbocycles. The van der Waals surface area contributed by atoms with Crippen LogP contribution in [0.25, 0.3) is 11.1 Å². The van der Waals surface area contributed by atoms with Crippen LogP contribution in [0.5, 0.6) is 11.6 Å². The summed E-state index contributed by atoms with van der Waals surface area (Å²) in [4.78, 5) is 4.29. The Morgan fingerprint density at radius 2 is 1.52 bits per heavy atom. The summed E-state index contributed by atoms with van der Waals surface area (Å²) in [6.45, 7) is 4.00. The zero-order chi connectivity index (χ0) is 16.7. The summed E-state index contributed by atoms with van der Waals surface area (Å²) in [5.41, 5.74) is 7.61. The van der Waals surface area contributed by atoms with E-state index in [1.54, 1.807) is 6.07 Å². The van der Waals surface area contributed by atoms with Gasteiger partial charge in [0.1, 0.15) is 11.6 Å². The number of rotatable bonds is 3. The lowest BCUT2D eigenvalue weighted by molar-refractivity contribution is 0.466. The van der Waals surface area contributed by atoms with Crippen LogP contribution in [-0.4, -0.2) is 4.98 Å². The van der Waals surface area contributed by atoms with Gasteiger partial charge in [-0.3, -0.25) is 0 Å². The fraction of sp³-hybridized carbons (Fsp3) is 0.105. The van der Waals surface area contributed by atoms with E-state index in [1.807, 2.05) is 74.5 Å². The molecule has 2 N–H and O–H groups in total. The molecule has 2 aromatic carbocycles. The monoisotopic (exact) mass is 326 g/mol. The fourth-order valence-electron chi connectivity index (χ4n) is 1.98. The van der Waals surface area contributed by atoms with Crippen molar-refractivity contribution in [3.05, 3.63) is 71.8 Å². The van der Waals surface area contributed by atoms with E-state index in [0.29, 0.717) is 22.5 Å². The lowest BCUT2D eigenvalue weighted by atomic mass is 10.1. The number of ether oxygens (including phenoxy) is 1. The predicted molar refractivity (Wildman–Crippen MR) is 97.0 cm³/mol. The summed E-state index contributed by atoms with van der Waals surface area (Å²) in [6, 6.07) is 20.6. The van der Waals surface area contributed by atoms with Gasteiger partial charge in [0.25, 0.3) is 0 Å². The molecular formula is C19H19ClN2O. The molecule has 23 heavy (non-hydrogen) atoms. The standard InChI is InChI=1S/C17H13ClN2O.C2H6/c18-13-8-6-12(7-9-13)15-10-11-16(19)20-17(15)21-14-4-2-1-3-5-14;1-2/h1-11H,(H2,19,20);1-2H3. The second kappa shape index (κ2) is 8.20. The van der Waals surface area contributed by atoms with E-state index in [4.69, 9.17) is 22.1 Å². The SMILES string of the molecule is CC.Nc1ccc(-c2ccc(Cl)cc2)c(Oc2ccccc2)n1. The Morgan fingerprint density at radius 3 is 2.17 bits per heavy atom. The van der Waals surface area contributed by atoms with Crippen LogP contribution in [0.4, 0.5) is 5.82 Å². The summed E-state index contributed by atoms with van der Waals surface area (Å²) in [6.07, 6.45) is 0. The first-order valence-electron chi connectivity index (χ1n) is 7.48. The first-order valence-corrected chi connectivity index (χ1v) is 7.85. The minimum atomic E-state index is 0.415. The second-order valence-corrected chi connectivity index (χ2v) is 4.95. The number of anilines is 1. The van der Waals surface area contributed by atoms with Crippen LogP contribution >= 0.6 is 11.6 Å². The molecule has 0 amide bonds. The van der Waals surface area contributed by atoms with Crippen molar-refractivity contribution in [2.45, 2.75) is 13.8 Å². The molecule has 4 heteroatoms. The number of nitrogens with zero attached hydrogens (tertiary/aromatic N) is 1. The van der Waals surface area contributed by atoms with E-state index < -0.39 is 0 Å². The van der Waals surface area contributed by atoms with Crippen LogP contribution in [0.2, 0.25) is 5.02 Å². The maximum atomic E-state index is 5.93. The molecule has 1 aromatic heterocycles. The molecule has 0 atom stereocenters. The molecule has 118 valence electrons. The van der Waals surface area contributed by atoms with Gasteiger partial charge in [0.2, 0.25) is 5.88 Å². The summed E-state index contributed by atoms with van der Waals surface area (Å²) < 4.78 is 5.85. The van der Waals surface area contributed by atoms with E-state index in [2.05, 4.69) is 4.98 Å². The van der Waals surface area contributed by atoms with Crippen molar-refractivity contribution in [1.29, 1.82) is 0 Å². The third kappa shape index (κ3) is 4.47. The van der Waals surface area contributed by atoms with Crippen molar-refractivity contribution in [2.75, 3.05) is 5.73 Å². The Hall–Kier alpha value is -2.52. The van der Waals surface area contributed by atoms with Gasteiger partial charge in [-0.15, -0.1) is 0 Å². The zero-order valence-electron chi connectivity index (χ0n) is 13.2. The molecule has 0 spiro atoms. The van der Waals surface area contributed by atoms with Gasteiger partial charge in [0, 0.05) is 10.6 Å². The number of halogens is 1. The van der Waals surface area contributed by atoms with E-state index in [1.165, 1.54) is 0 Å². The van der Waals surface area contributed by atoms with Gasteiger partial charge in [0.05, 0.1) is 0 Å². The Bertz CT molecular complexity index is 743. The van der Waals surface area contributed by atoms with Crippen molar-refractivity contribution in [3.63, 3.8) is 0 Å². The quantitative estimate of drug-likeness (QED) is 0.661. The second-order valence-electron chi connectivity index (χ2n) is 4.51. The summed E-state index contributed by atoms with van der Waals surface area (Å²) in [5.74, 6) is 1.60. The first-order chi connectivity index (χ1) is 11.2. The molecule has 0 unspecified atom stereocenters. The minimum absolute atomic E-state index is 0.415.